The van der Waals surface area contributed by atoms with E-state index in [1.165, 1.54) is 0 Å². The number of hydrogen-bond donors (Lipinski definition) is 4. The Bertz CT molecular complexity index is 841. The van der Waals surface area contributed by atoms with Crippen molar-refractivity contribution in [3.05, 3.63) is 23.8 Å². The molecule has 9 heteroatoms. The minimum atomic E-state index is -0.995. The standard InChI is InChI=1S/C20H28N6O3/c21-18-24-19(22)26(20(25-18)8-2-1-3-9-20)16-11-13(17(27)28)6-7-15(16)23-12-14-5-4-10-29-14/h6-7,11,14,23H,1-5,8-10,12H2,(H,27,28)(H4,21,22,24,25). The monoisotopic (exact) mass is 400 g/mol. The predicted molar refractivity (Wildman–Crippen MR) is 112 cm³/mol. The number of guanidine groups is 2. The Balaban J connectivity index is 1.74. The van der Waals surface area contributed by atoms with Crippen LogP contribution in [-0.2, 0) is 4.74 Å². The average molecular weight is 400 g/mol. The molecule has 2 fully saturated rings. The van der Waals surface area contributed by atoms with Gasteiger partial charge in [-0.1, -0.05) is 6.42 Å². The van der Waals surface area contributed by atoms with Crippen LogP contribution in [0.15, 0.2) is 28.2 Å². The number of anilines is 2. The smallest absolute Gasteiger partial charge is 0.335 e. The third kappa shape index (κ3) is 3.87. The summed E-state index contributed by atoms with van der Waals surface area (Å²) < 4.78 is 5.71. The van der Waals surface area contributed by atoms with Crippen LogP contribution in [0.25, 0.3) is 0 Å². The molecule has 0 radical (unpaired) electrons. The highest BCUT2D eigenvalue weighted by atomic mass is 16.5. The Morgan fingerprint density at radius 3 is 2.76 bits per heavy atom. The Morgan fingerprint density at radius 2 is 2.07 bits per heavy atom. The maximum atomic E-state index is 11.6. The second kappa shape index (κ2) is 7.90. The molecular formula is C20H28N6O3. The van der Waals surface area contributed by atoms with Crippen molar-refractivity contribution in [2.45, 2.75) is 56.7 Å². The zero-order valence-electron chi connectivity index (χ0n) is 16.4. The van der Waals surface area contributed by atoms with Gasteiger partial charge >= 0.3 is 5.97 Å². The fraction of sp³-hybridized carbons (Fsp3) is 0.550. The Labute approximate surface area is 169 Å². The van der Waals surface area contributed by atoms with Crippen molar-refractivity contribution >= 4 is 29.3 Å². The van der Waals surface area contributed by atoms with E-state index in [9.17, 15) is 9.90 Å². The van der Waals surface area contributed by atoms with E-state index < -0.39 is 11.6 Å². The molecule has 1 aliphatic carbocycles. The molecule has 9 nitrogen and oxygen atoms in total. The van der Waals surface area contributed by atoms with Crippen molar-refractivity contribution in [2.75, 3.05) is 23.4 Å². The first kappa shape index (κ1) is 19.5. The summed E-state index contributed by atoms with van der Waals surface area (Å²) in [4.78, 5) is 22.4. The molecule has 4 rings (SSSR count). The van der Waals surface area contributed by atoms with Gasteiger partial charge < -0.3 is 26.6 Å². The number of hydrogen-bond acceptors (Lipinski definition) is 8. The number of carboxylic acid groups (broad SMARTS) is 1. The van der Waals surface area contributed by atoms with Gasteiger partial charge in [-0.25, -0.2) is 9.79 Å². The van der Waals surface area contributed by atoms with E-state index in [1.807, 2.05) is 4.90 Å². The van der Waals surface area contributed by atoms with Crippen molar-refractivity contribution in [1.82, 2.24) is 0 Å². The number of nitrogens with two attached hydrogens (primary N) is 2. The number of aliphatic imine (C=N–C) groups is 2. The van der Waals surface area contributed by atoms with Crippen LogP contribution in [0.4, 0.5) is 11.4 Å². The van der Waals surface area contributed by atoms with E-state index >= 15 is 0 Å². The van der Waals surface area contributed by atoms with Crippen molar-refractivity contribution in [2.24, 2.45) is 21.5 Å². The third-order valence-corrected chi connectivity index (χ3v) is 5.88. The fourth-order valence-electron chi connectivity index (χ4n) is 4.50. The highest BCUT2D eigenvalue weighted by molar-refractivity contribution is 6.08. The van der Waals surface area contributed by atoms with Crippen LogP contribution >= 0.6 is 0 Å². The quantitative estimate of drug-likeness (QED) is 0.593. The molecule has 2 heterocycles. The second-order valence-electron chi connectivity index (χ2n) is 7.87. The summed E-state index contributed by atoms with van der Waals surface area (Å²) in [6.07, 6.45) is 6.90. The first-order valence-electron chi connectivity index (χ1n) is 10.2. The number of benzene rings is 1. The molecule has 6 N–H and O–H groups in total. The molecule has 2 aliphatic heterocycles. The van der Waals surface area contributed by atoms with E-state index in [1.54, 1.807) is 18.2 Å². The van der Waals surface area contributed by atoms with Crippen LogP contribution in [0.2, 0.25) is 0 Å². The van der Waals surface area contributed by atoms with Gasteiger partial charge in [0.25, 0.3) is 0 Å². The van der Waals surface area contributed by atoms with E-state index in [2.05, 4.69) is 15.3 Å². The van der Waals surface area contributed by atoms with Gasteiger partial charge in [0, 0.05) is 13.2 Å². The lowest BCUT2D eigenvalue weighted by Crippen LogP contribution is -2.58. The van der Waals surface area contributed by atoms with E-state index in [4.69, 9.17) is 16.2 Å². The summed E-state index contributed by atoms with van der Waals surface area (Å²) in [6, 6.07) is 5.00. The molecular weight excluding hydrogens is 372 g/mol. The van der Waals surface area contributed by atoms with Crippen LogP contribution in [0.3, 0.4) is 0 Å². The topological polar surface area (TPSA) is 139 Å². The summed E-state index contributed by atoms with van der Waals surface area (Å²) in [5.41, 5.74) is 13.3. The number of nitrogens with zero attached hydrogens (tertiary/aromatic N) is 3. The molecule has 29 heavy (non-hydrogen) atoms. The molecule has 1 atom stereocenters. The van der Waals surface area contributed by atoms with Gasteiger partial charge in [0.15, 0.2) is 0 Å². The lowest BCUT2D eigenvalue weighted by Gasteiger charge is -2.46. The Morgan fingerprint density at radius 1 is 1.28 bits per heavy atom. The summed E-state index contributed by atoms with van der Waals surface area (Å²) in [6.45, 7) is 1.42. The number of aromatic carboxylic acids is 1. The van der Waals surface area contributed by atoms with Crippen LogP contribution in [0.1, 0.15) is 55.3 Å². The summed E-state index contributed by atoms with van der Waals surface area (Å²) in [5.74, 6) is -0.587. The Kier molecular flexibility index (Phi) is 5.31. The van der Waals surface area contributed by atoms with Gasteiger partial charge in [-0.05, 0) is 56.7 Å². The van der Waals surface area contributed by atoms with Crippen LogP contribution in [0.5, 0.6) is 0 Å². The van der Waals surface area contributed by atoms with E-state index in [0.29, 0.717) is 12.2 Å². The molecule has 1 aromatic rings. The average Bonchev–Trinajstić information content (AvgIpc) is 3.20. The fourth-order valence-corrected chi connectivity index (χ4v) is 4.50. The van der Waals surface area contributed by atoms with Gasteiger partial charge in [0.2, 0.25) is 11.9 Å². The maximum Gasteiger partial charge on any atom is 0.335 e. The number of carbonyl (C=O) groups is 1. The van der Waals surface area contributed by atoms with Crippen molar-refractivity contribution in [3.8, 4) is 0 Å². The predicted octanol–water partition coefficient (Wildman–Crippen LogP) is 2.09. The van der Waals surface area contributed by atoms with Crippen molar-refractivity contribution < 1.29 is 14.6 Å². The number of ether oxygens (including phenoxy) is 1. The van der Waals surface area contributed by atoms with Crippen molar-refractivity contribution in [1.29, 1.82) is 0 Å². The first-order chi connectivity index (χ1) is 14.0. The molecule has 0 aromatic heterocycles. The van der Waals surface area contributed by atoms with Gasteiger partial charge in [-0.3, -0.25) is 4.90 Å². The minimum Gasteiger partial charge on any atom is -0.478 e. The number of carboxylic acids is 1. The molecule has 1 unspecified atom stereocenters. The molecule has 1 saturated carbocycles. The highest BCUT2D eigenvalue weighted by Gasteiger charge is 2.43. The molecule has 1 spiro atoms. The van der Waals surface area contributed by atoms with Crippen LogP contribution < -0.4 is 21.7 Å². The Hall–Kier alpha value is -2.81. The van der Waals surface area contributed by atoms with E-state index in [0.717, 1.165) is 57.2 Å². The van der Waals surface area contributed by atoms with Crippen LogP contribution in [0, 0.1) is 0 Å². The lowest BCUT2D eigenvalue weighted by molar-refractivity contribution is 0.0697. The summed E-state index contributed by atoms with van der Waals surface area (Å²) >= 11 is 0. The minimum absolute atomic E-state index is 0.145. The molecule has 156 valence electrons. The maximum absolute atomic E-state index is 11.6. The van der Waals surface area contributed by atoms with Crippen LogP contribution in [-0.4, -0.2) is 47.9 Å². The number of rotatable bonds is 5. The normalized spacial score (nSPS) is 23.6. The highest BCUT2D eigenvalue weighted by Crippen LogP contribution is 2.42. The van der Waals surface area contributed by atoms with E-state index in [-0.39, 0.29) is 23.6 Å². The molecule has 1 saturated heterocycles. The molecule has 3 aliphatic rings. The van der Waals surface area contributed by atoms with Gasteiger partial charge in [0.05, 0.1) is 23.0 Å². The third-order valence-electron chi connectivity index (χ3n) is 5.88. The summed E-state index contributed by atoms with van der Waals surface area (Å²) in [7, 11) is 0. The zero-order chi connectivity index (χ0) is 20.4. The zero-order valence-corrected chi connectivity index (χ0v) is 16.4. The van der Waals surface area contributed by atoms with Crippen molar-refractivity contribution in [3.63, 3.8) is 0 Å². The summed E-state index contributed by atoms with van der Waals surface area (Å²) in [5, 5.41) is 13.0. The molecule has 0 bridgehead atoms. The molecule has 0 amide bonds. The van der Waals surface area contributed by atoms with Gasteiger partial charge in [-0.2, -0.15) is 4.99 Å². The lowest BCUT2D eigenvalue weighted by atomic mass is 9.87. The SMILES string of the molecule is NC1=NC2(CCCCC2)N(c2cc(C(=O)O)ccc2NCC2CCCO2)C(N)=N1. The largest absolute Gasteiger partial charge is 0.478 e. The van der Waals surface area contributed by atoms with Gasteiger partial charge in [0.1, 0.15) is 5.66 Å². The first-order valence-corrected chi connectivity index (χ1v) is 10.2. The number of nitrogens with one attached hydrogen (secondary N) is 1. The van der Waals surface area contributed by atoms with Gasteiger partial charge in [-0.15, -0.1) is 0 Å². The molecule has 1 aromatic carbocycles. The second-order valence-corrected chi connectivity index (χ2v) is 7.87.